The van der Waals surface area contributed by atoms with Crippen LogP contribution in [0.4, 0.5) is 10.1 Å². The van der Waals surface area contributed by atoms with Gasteiger partial charge in [0.2, 0.25) is 0 Å². The highest BCUT2D eigenvalue weighted by Crippen LogP contribution is 2.45. The van der Waals surface area contributed by atoms with Gasteiger partial charge in [0.1, 0.15) is 11.9 Å². The van der Waals surface area contributed by atoms with Crippen LogP contribution in [0.3, 0.4) is 0 Å². The van der Waals surface area contributed by atoms with Gasteiger partial charge in [-0.3, -0.25) is 10.1 Å². The van der Waals surface area contributed by atoms with Crippen molar-refractivity contribution in [1.29, 1.82) is 0 Å². The largest absolute Gasteiger partial charge is 0.368 e. The molecule has 0 spiro atoms. The molecular weight excluding hydrogens is 319 g/mol. The van der Waals surface area contributed by atoms with E-state index in [0.29, 0.717) is 18.7 Å². The summed E-state index contributed by atoms with van der Waals surface area (Å²) < 4.78 is 19.5. The van der Waals surface area contributed by atoms with Crippen molar-refractivity contribution < 1.29 is 18.7 Å². The van der Waals surface area contributed by atoms with Crippen molar-refractivity contribution in [2.75, 3.05) is 6.61 Å². The fourth-order valence-corrected chi connectivity index (χ4v) is 4.13. The van der Waals surface area contributed by atoms with E-state index in [1.165, 1.54) is 23.9 Å². The van der Waals surface area contributed by atoms with E-state index in [0.717, 1.165) is 26.8 Å². The van der Waals surface area contributed by atoms with E-state index >= 15 is 0 Å². The topological polar surface area (TPSA) is 58.4 Å². The fourth-order valence-electron chi connectivity index (χ4n) is 2.93. The van der Waals surface area contributed by atoms with Gasteiger partial charge < -0.3 is 4.74 Å². The van der Waals surface area contributed by atoms with E-state index in [-0.39, 0.29) is 11.7 Å². The van der Waals surface area contributed by atoms with Crippen LogP contribution in [-0.4, -0.2) is 28.9 Å². The van der Waals surface area contributed by atoms with Gasteiger partial charge in [-0.25, -0.2) is 4.39 Å². The molecule has 23 heavy (non-hydrogen) atoms. The first kappa shape index (κ1) is 14.6. The standard InChI is InChI=1S/C16H13FN2O3S/c17-10-4-5-11-9(8-10)3-6-12-14(11)23-16(19(12)21)18-15(20)13-2-1-7-22-13/h3-6,8,13,16H,1-2,7H2/p+1/t13-,16?/m0/s1. The Morgan fingerprint density at radius 1 is 1.35 bits per heavy atom. The number of hydrogen-bond acceptors (Lipinski definition) is 4. The van der Waals surface area contributed by atoms with Crippen molar-refractivity contribution in [3.63, 3.8) is 0 Å². The number of nitrogens with zero attached hydrogens (tertiary/aromatic N) is 1. The van der Waals surface area contributed by atoms with E-state index in [1.54, 1.807) is 18.2 Å². The predicted molar refractivity (Wildman–Crippen MR) is 84.0 cm³/mol. The highest BCUT2D eigenvalue weighted by molar-refractivity contribution is 8.00. The summed E-state index contributed by atoms with van der Waals surface area (Å²) in [4.78, 5) is 25.3. The van der Waals surface area contributed by atoms with Gasteiger partial charge >= 0.3 is 5.50 Å². The maximum atomic E-state index is 13.3. The summed E-state index contributed by atoms with van der Waals surface area (Å²) in [7, 11) is 0. The molecule has 7 heteroatoms. The summed E-state index contributed by atoms with van der Waals surface area (Å²) in [5.74, 6) is -0.577. The number of nitrogens with one attached hydrogen (secondary N) is 1. The minimum atomic E-state index is -0.725. The first-order valence-corrected chi connectivity index (χ1v) is 8.29. The Hall–Kier alpha value is -1.99. The van der Waals surface area contributed by atoms with Crippen molar-refractivity contribution in [1.82, 2.24) is 5.32 Å². The van der Waals surface area contributed by atoms with Gasteiger partial charge in [-0.15, -0.1) is 0 Å². The molecular formula is C16H14FN2O3S+. The summed E-state index contributed by atoms with van der Waals surface area (Å²) in [5, 5.41) is 4.27. The summed E-state index contributed by atoms with van der Waals surface area (Å²) in [6.45, 7) is 0.577. The number of thioether (sulfide) groups is 1. The van der Waals surface area contributed by atoms with Gasteiger partial charge in [-0.05, 0) is 48.2 Å². The molecule has 0 aromatic heterocycles. The molecule has 0 radical (unpaired) electrons. The zero-order valence-corrected chi connectivity index (χ0v) is 12.9. The Morgan fingerprint density at radius 3 is 3.00 bits per heavy atom. The third-order valence-electron chi connectivity index (χ3n) is 4.08. The SMILES string of the molecule is O=C(NC1Sc2c(ccc3cc(F)ccc23)[N+]1=O)[C@@H]1CCCO1. The molecule has 0 bridgehead atoms. The molecule has 2 aromatic carbocycles. The van der Waals surface area contributed by atoms with Gasteiger partial charge in [0, 0.05) is 23.0 Å². The molecule has 2 heterocycles. The minimum absolute atomic E-state index is 0.260. The predicted octanol–water partition coefficient (Wildman–Crippen LogP) is 3.07. The highest BCUT2D eigenvalue weighted by atomic mass is 32.2. The van der Waals surface area contributed by atoms with Crippen molar-refractivity contribution in [2.45, 2.75) is 29.3 Å². The lowest BCUT2D eigenvalue weighted by Gasteiger charge is -2.09. The van der Waals surface area contributed by atoms with Crippen LogP contribution in [0.1, 0.15) is 12.8 Å². The second kappa shape index (κ2) is 5.58. The number of rotatable bonds is 2. The van der Waals surface area contributed by atoms with Crippen molar-refractivity contribution in [3.05, 3.63) is 41.1 Å². The van der Waals surface area contributed by atoms with Crippen LogP contribution >= 0.6 is 11.8 Å². The highest BCUT2D eigenvalue weighted by Gasteiger charge is 2.43. The number of amides is 1. The smallest absolute Gasteiger partial charge is 0.335 e. The Kier molecular flexibility index (Phi) is 3.54. The Labute approximate surface area is 135 Å². The van der Waals surface area contributed by atoms with Gasteiger partial charge in [-0.1, -0.05) is 6.07 Å². The molecule has 1 unspecified atom stereocenters. The second-order valence-corrected chi connectivity index (χ2v) is 6.68. The third kappa shape index (κ3) is 2.49. The molecule has 1 fully saturated rings. The average molecular weight is 333 g/mol. The van der Waals surface area contributed by atoms with Gasteiger partial charge in [0.25, 0.3) is 11.6 Å². The summed E-state index contributed by atoms with van der Waals surface area (Å²) >= 11 is 1.27. The molecule has 2 aromatic rings. The lowest BCUT2D eigenvalue weighted by molar-refractivity contribution is -0.480. The van der Waals surface area contributed by atoms with Crippen LogP contribution in [0.2, 0.25) is 0 Å². The number of nitroso groups, excluding NO2 is 1. The van der Waals surface area contributed by atoms with E-state index in [4.69, 9.17) is 4.74 Å². The molecule has 2 aliphatic rings. The number of ether oxygens (including phenoxy) is 1. The van der Waals surface area contributed by atoms with Crippen molar-refractivity contribution >= 4 is 34.1 Å². The molecule has 5 nitrogen and oxygen atoms in total. The number of hydrogen-bond donors (Lipinski definition) is 1. The average Bonchev–Trinajstić information content (AvgIpc) is 3.16. The summed E-state index contributed by atoms with van der Waals surface area (Å²) in [5.41, 5.74) is -0.232. The molecule has 1 N–H and O–H groups in total. The van der Waals surface area contributed by atoms with Crippen molar-refractivity contribution in [3.8, 4) is 0 Å². The maximum absolute atomic E-state index is 13.3. The normalized spacial score (nSPS) is 23.3. The van der Waals surface area contributed by atoms with E-state index in [9.17, 15) is 14.1 Å². The minimum Gasteiger partial charge on any atom is -0.368 e. The van der Waals surface area contributed by atoms with Crippen LogP contribution in [0, 0.1) is 10.7 Å². The number of carbonyl (C=O) groups excluding carboxylic acids is 1. The lowest BCUT2D eigenvalue weighted by Crippen LogP contribution is -2.42. The molecule has 2 aliphatic heterocycles. The number of halogens is 1. The van der Waals surface area contributed by atoms with Crippen LogP contribution in [0.25, 0.3) is 10.8 Å². The Balaban J connectivity index is 1.62. The van der Waals surface area contributed by atoms with Crippen LogP contribution < -0.4 is 5.32 Å². The zero-order chi connectivity index (χ0) is 16.0. The van der Waals surface area contributed by atoms with Gasteiger partial charge in [-0.2, -0.15) is 0 Å². The van der Waals surface area contributed by atoms with Crippen LogP contribution in [0.5, 0.6) is 0 Å². The molecule has 0 saturated carbocycles. The van der Waals surface area contributed by atoms with Gasteiger partial charge in [0.05, 0.1) is 9.66 Å². The number of fused-ring (bicyclic) bond motifs is 3. The molecule has 4 rings (SSSR count). The lowest BCUT2D eigenvalue weighted by atomic mass is 10.1. The molecule has 1 saturated heterocycles. The molecule has 0 aliphatic carbocycles. The number of carbonyl (C=O) groups is 1. The fraction of sp³-hybridized carbons (Fsp3) is 0.312. The van der Waals surface area contributed by atoms with E-state index in [2.05, 4.69) is 5.32 Å². The maximum Gasteiger partial charge on any atom is 0.335 e. The van der Waals surface area contributed by atoms with Crippen LogP contribution in [0.15, 0.2) is 35.2 Å². The monoisotopic (exact) mass is 333 g/mol. The molecule has 1 amide bonds. The third-order valence-corrected chi connectivity index (χ3v) is 5.28. The van der Waals surface area contributed by atoms with Gasteiger partial charge in [0.15, 0.2) is 0 Å². The molecule has 2 atom stereocenters. The number of benzene rings is 2. The first-order chi connectivity index (χ1) is 11.1. The summed E-state index contributed by atoms with van der Waals surface area (Å²) in [6.07, 6.45) is 1.06. The Morgan fingerprint density at radius 2 is 2.22 bits per heavy atom. The Bertz CT molecular complexity index is 820. The van der Waals surface area contributed by atoms with E-state index < -0.39 is 11.6 Å². The van der Waals surface area contributed by atoms with E-state index in [1.807, 2.05) is 0 Å². The van der Waals surface area contributed by atoms with Crippen LogP contribution in [-0.2, 0) is 9.53 Å². The quantitative estimate of drug-likeness (QED) is 0.858. The zero-order valence-electron chi connectivity index (χ0n) is 12.1. The molecule has 118 valence electrons. The first-order valence-electron chi connectivity index (χ1n) is 7.41. The second-order valence-electron chi connectivity index (χ2n) is 5.59. The van der Waals surface area contributed by atoms with Crippen molar-refractivity contribution in [2.24, 2.45) is 0 Å². The summed E-state index contributed by atoms with van der Waals surface area (Å²) in [6, 6.07) is 7.84.